The lowest BCUT2D eigenvalue weighted by Crippen LogP contribution is -2.29. The Hall–Kier alpha value is -0.950. The van der Waals surface area contributed by atoms with Crippen molar-refractivity contribution in [2.45, 2.75) is 12.2 Å². The minimum Gasteiger partial charge on any atom is -0.478 e. The van der Waals surface area contributed by atoms with Gasteiger partial charge in [-0.2, -0.15) is 0 Å². The molecule has 0 fully saturated rings. The predicted molar refractivity (Wildman–Crippen MR) is 56.2 cm³/mol. The van der Waals surface area contributed by atoms with Crippen molar-refractivity contribution in [3.8, 4) is 0 Å². The minimum atomic E-state index is -1.16. The molecule has 1 rings (SSSR count). The molecule has 0 bridgehead atoms. The van der Waals surface area contributed by atoms with Crippen LogP contribution in [0.1, 0.15) is 21.3 Å². The molecule has 0 aliphatic carbocycles. The highest BCUT2D eigenvalue weighted by Crippen LogP contribution is 2.26. The number of aliphatic hydroxyl groups is 2. The van der Waals surface area contributed by atoms with Gasteiger partial charge in [-0.3, -0.25) is 0 Å². The topological polar surface area (TPSA) is 89.8 Å². The van der Waals surface area contributed by atoms with Gasteiger partial charge in [-0.05, 0) is 18.5 Å². The highest BCUT2D eigenvalue weighted by molar-refractivity contribution is 7.10. The van der Waals surface area contributed by atoms with Crippen LogP contribution in [-0.2, 0) is 0 Å². The molecule has 2 atom stereocenters. The van der Waals surface area contributed by atoms with E-state index in [1.807, 2.05) is 0 Å². The fourth-order valence-corrected chi connectivity index (χ4v) is 2.15. The van der Waals surface area contributed by atoms with Crippen molar-refractivity contribution in [3.05, 3.63) is 21.9 Å². The molecule has 2 unspecified atom stereocenters. The highest BCUT2D eigenvalue weighted by Gasteiger charge is 2.24. The van der Waals surface area contributed by atoms with Crippen LogP contribution in [0.15, 0.2) is 11.4 Å². The first-order valence-corrected chi connectivity index (χ1v) is 5.27. The van der Waals surface area contributed by atoms with Gasteiger partial charge in [-0.1, -0.05) is 0 Å². The van der Waals surface area contributed by atoms with Crippen LogP contribution in [-0.4, -0.2) is 41.0 Å². The standard InChI is InChI=1S/C9H13NO4S/c1-10-4-6(11)7(12)8-5(9(13)14)2-3-15-8/h2-3,6-7,10-12H,4H2,1H3,(H,13,14). The molecule has 0 saturated heterocycles. The summed E-state index contributed by atoms with van der Waals surface area (Å²) in [6, 6.07) is 1.41. The van der Waals surface area contributed by atoms with E-state index in [1.165, 1.54) is 6.07 Å². The molecule has 0 spiro atoms. The first kappa shape index (κ1) is 12.1. The van der Waals surface area contributed by atoms with Gasteiger partial charge in [0.15, 0.2) is 0 Å². The van der Waals surface area contributed by atoms with Crippen molar-refractivity contribution in [2.75, 3.05) is 13.6 Å². The fourth-order valence-electron chi connectivity index (χ4n) is 1.22. The summed E-state index contributed by atoms with van der Waals surface area (Å²) in [5.41, 5.74) is 0.0441. The lowest BCUT2D eigenvalue weighted by atomic mass is 10.1. The van der Waals surface area contributed by atoms with E-state index in [9.17, 15) is 15.0 Å². The van der Waals surface area contributed by atoms with Crippen LogP contribution in [0, 0.1) is 0 Å². The smallest absolute Gasteiger partial charge is 0.336 e. The molecular formula is C9H13NO4S. The van der Waals surface area contributed by atoms with E-state index in [0.29, 0.717) is 0 Å². The number of hydrogen-bond donors (Lipinski definition) is 4. The lowest BCUT2D eigenvalue weighted by molar-refractivity contribution is 0.0214. The Labute approximate surface area is 91.0 Å². The average molecular weight is 231 g/mol. The molecule has 6 heteroatoms. The van der Waals surface area contributed by atoms with Gasteiger partial charge in [0.2, 0.25) is 0 Å². The van der Waals surface area contributed by atoms with Gasteiger partial charge in [-0.15, -0.1) is 11.3 Å². The number of nitrogens with one attached hydrogen (secondary N) is 1. The van der Waals surface area contributed by atoms with Gasteiger partial charge in [0.1, 0.15) is 6.10 Å². The number of thiophene rings is 1. The van der Waals surface area contributed by atoms with Crippen LogP contribution in [0.5, 0.6) is 0 Å². The molecule has 4 N–H and O–H groups in total. The third kappa shape index (κ3) is 2.75. The molecule has 84 valence electrons. The van der Waals surface area contributed by atoms with Gasteiger partial charge in [0, 0.05) is 6.54 Å². The fraction of sp³-hybridized carbons (Fsp3) is 0.444. The predicted octanol–water partition coefficient (Wildman–Crippen LogP) is 0.0600. The molecule has 1 heterocycles. The summed E-state index contributed by atoms with van der Waals surface area (Å²) in [6.07, 6.45) is -2.17. The van der Waals surface area contributed by atoms with Crippen molar-refractivity contribution in [3.63, 3.8) is 0 Å². The van der Waals surface area contributed by atoms with E-state index in [-0.39, 0.29) is 17.0 Å². The second-order valence-corrected chi connectivity index (χ2v) is 4.02. The first-order valence-electron chi connectivity index (χ1n) is 4.39. The maximum Gasteiger partial charge on any atom is 0.336 e. The number of aromatic carboxylic acids is 1. The second-order valence-electron chi connectivity index (χ2n) is 3.07. The molecule has 5 nitrogen and oxygen atoms in total. The Kier molecular flexibility index (Phi) is 4.22. The number of carboxylic acids is 1. The molecule has 1 aromatic heterocycles. The van der Waals surface area contributed by atoms with Gasteiger partial charge in [-0.25, -0.2) is 4.79 Å². The Morgan fingerprint density at radius 3 is 2.80 bits per heavy atom. The van der Waals surface area contributed by atoms with Crippen LogP contribution in [0.3, 0.4) is 0 Å². The van der Waals surface area contributed by atoms with E-state index in [0.717, 1.165) is 11.3 Å². The maximum atomic E-state index is 10.8. The summed E-state index contributed by atoms with van der Waals surface area (Å²) in [5.74, 6) is -1.10. The summed E-state index contributed by atoms with van der Waals surface area (Å²) in [6.45, 7) is 0.206. The number of carboxylic acid groups (broad SMARTS) is 1. The van der Waals surface area contributed by atoms with Crippen LogP contribution < -0.4 is 5.32 Å². The molecule has 1 aromatic rings. The quantitative estimate of drug-likeness (QED) is 0.575. The number of carbonyl (C=O) groups is 1. The first-order chi connectivity index (χ1) is 7.07. The normalized spacial score (nSPS) is 14.9. The zero-order valence-electron chi connectivity index (χ0n) is 8.17. The number of hydrogen-bond acceptors (Lipinski definition) is 5. The summed E-state index contributed by atoms with van der Waals surface area (Å²) in [7, 11) is 1.64. The molecule has 15 heavy (non-hydrogen) atoms. The van der Waals surface area contributed by atoms with Crippen molar-refractivity contribution >= 4 is 17.3 Å². The van der Waals surface area contributed by atoms with Crippen LogP contribution >= 0.6 is 11.3 Å². The maximum absolute atomic E-state index is 10.8. The Morgan fingerprint density at radius 2 is 2.27 bits per heavy atom. The number of rotatable bonds is 5. The largest absolute Gasteiger partial charge is 0.478 e. The summed E-state index contributed by atoms with van der Waals surface area (Å²) in [5, 5.41) is 32.3. The second kappa shape index (κ2) is 5.22. The molecule has 0 aliphatic heterocycles. The molecule has 0 saturated carbocycles. The van der Waals surface area contributed by atoms with E-state index in [2.05, 4.69) is 5.32 Å². The summed E-state index contributed by atoms with van der Waals surface area (Å²) >= 11 is 1.12. The third-order valence-corrected chi connectivity index (χ3v) is 2.96. The third-order valence-electron chi connectivity index (χ3n) is 1.97. The summed E-state index contributed by atoms with van der Waals surface area (Å²) < 4.78 is 0. The van der Waals surface area contributed by atoms with Crippen LogP contribution in [0.4, 0.5) is 0 Å². The Balaban J connectivity index is 2.85. The Morgan fingerprint density at radius 1 is 1.60 bits per heavy atom. The van der Waals surface area contributed by atoms with E-state index in [4.69, 9.17) is 5.11 Å². The zero-order valence-corrected chi connectivity index (χ0v) is 8.99. The van der Waals surface area contributed by atoms with E-state index >= 15 is 0 Å². The molecule has 0 amide bonds. The van der Waals surface area contributed by atoms with E-state index in [1.54, 1.807) is 12.4 Å². The highest BCUT2D eigenvalue weighted by atomic mass is 32.1. The van der Waals surface area contributed by atoms with E-state index < -0.39 is 18.2 Å². The molecule has 0 aliphatic rings. The number of likely N-dealkylation sites (N-methyl/N-ethyl adjacent to an activating group) is 1. The SMILES string of the molecule is CNCC(O)C(O)c1sccc1C(=O)O. The molecule has 0 radical (unpaired) electrons. The van der Waals surface area contributed by atoms with Gasteiger partial charge < -0.3 is 20.6 Å². The van der Waals surface area contributed by atoms with Crippen molar-refractivity contribution in [1.82, 2.24) is 5.32 Å². The van der Waals surface area contributed by atoms with Gasteiger partial charge in [0.05, 0.1) is 16.5 Å². The molecule has 0 aromatic carbocycles. The van der Waals surface area contributed by atoms with Crippen LogP contribution in [0.2, 0.25) is 0 Å². The van der Waals surface area contributed by atoms with Gasteiger partial charge >= 0.3 is 5.97 Å². The lowest BCUT2D eigenvalue weighted by Gasteiger charge is -2.16. The van der Waals surface area contributed by atoms with Crippen molar-refractivity contribution < 1.29 is 20.1 Å². The number of aliphatic hydroxyl groups excluding tert-OH is 2. The van der Waals surface area contributed by atoms with Gasteiger partial charge in [0.25, 0.3) is 0 Å². The minimum absolute atomic E-state index is 0.0441. The van der Waals surface area contributed by atoms with Crippen LogP contribution in [0.25, 0.3) is 0 Å². The monoisotopic (exact) mass is 231 g/mol. The van der Waals surface area contributed by atoms with Crippen molar-refractivity contribution in [2.24, 2.45) is 0 Å². The summed E-state index contributed by atoms with van der Waals surface area (Å²) in [4.78, 5) is 11.0. The zero-order chi connectivity index (χ0) is 11.4. The van der Waals surface area contributed by atoms with Crippen molar-refractivity contribution in [1.29, 1.82) is 0 Å². The Bertz CT molecular complexity index is 339. The molecular weight excluding hydrogens is 218 g/mol. The average Bonchev–Trinajstić information content (AvgIpc) is 2.65.